The maximum Gasteiger partial charge on any atom is 0.408 e. The summed E-state index contributed by atoms with van der Waals surface area (Å²) >= 11 is 0. The second-order valence-corrected chi connectivity index (χ2v) is 12.1. The predicted octanol–water partition coefficient (Wildman–Crippen LogP) is 5.53. The van der Waals surface area contributed by atoms with Crippen LogP contribution in [-0.2, 0) is 32.1 Å². The number of rotatable bonds is 21. The summed E-state index contributed by atoms with van der Waals surface area (Å²) < 4.78 is 16.4. The third kappa shape index (κ3) is 13.1. The lowest BCUT2D eigenvalue weighted by molar-refractivity contribution is -0.143. The first-order valence-electron chi connectivity index (χ1n) is 16.1. The minimum atomic E-state index is -1.40. The molecule has 0 aromatic heterocycles. The monoisotopic (exact) mass is 665 g/mol. The molecular weight excluding hydrogens is 614 g/mol. The van der Waals surface area contributed by atoms with Gasteiger partial charge in [0.15, 0.2) is 0 Å². The van der Waals surface area contributed by atoms with Crippen molar-refractivity contribution in [2.75, 3.05) is 21.3 Å². The fourth-order valence-electron chi connectivity index (χ4n) is 5.32. The first kappa shape index (κ1) is 39.4. The van der Waals surface area contributed by atoms with Crippen LogP contribution in [0.25, 0.3) is 0 Å². The van der Waals surface area contributed by atoms with Crippen LogP contribution in [0.15, 0.2) is 73.8 Å². The van der Waals surface area contributed by atoms with E-state index in [1.165, 1.54) is 12.0 Å². The van der Waals surface area contributed by atoms with Crippen LogP contribution in [0.5, 0.6) is 11.5 Å². The Bertz CT molecular complexity index is 1360. The Morgan fingerprint density at radius 3 is 2.23 bits per heavy atom. The quantitative estimate of drug-likeness (QED) is 0.148. The average Bonchev–Trinajstić information content (AvgIpc) is 3.06. The Labute approximate surface area is 284 Å². The summed E-state index contributed by atoms with van der Waals surface area (Å²) in [4.78, 5) is 54.0. The second kappa shape index (κ2) is 20.4. The third-order valence-electron chi connectivity index (χ3n) is 7.80. The number of alkyl carbamates (subject to hydrolysis) is 1. The highest BCUT2D eigenvalue weighted by atomic mass is 16.6. The number of carboxylic acid groups (broad SMARTS) is 1. The van der Waals surface area contributed by atoms with Crippen LogP contribution in [0.3, 0.4) is 0 Å². The maximum absolute atomic E-state index is 13.6. The molecule has 0 bridgehead atoms. The standard InChI is InChI=1S/C37H51N3O8/c1-8-10-17-30(21-26-15-12-11-13-16-26)48-37(45)39-31(20-25(3)4)34(41)38-32(36(43)44)22-27(14-9-2)35(42)40(5)24-28-18-19-29(46-6)23-33(28)47-7/h8-9,11-13,15-16,18-19,23,25,27,30-32H,1-2,10,14,17,20-22,24H2,3-7H3,(H,38,41)(H,39,45)(H,43,44). The van der Waals surface area contributed by atoms with Crippen molar-refractivity contribution in [1.82, 2.24) is 15.5 Å². The molecule has 0 saturated carbocycles. The molecule has 2 aromatic rings. The Hall–Kier alpha value is -4.80. The van der Waals surface area contributed by atoms with Gasteiger partial charge >= 0.3 is 12.1 Å². The highest BCUT2D eigenvalue weighted by molar-refractivity contribution is 5.89. The van der Waals surface area contributed by atoms with Crippen LogP contribution >= 0.6 is 0 Å². The molecule has 11 heteroatoms. The molecule has 0 heterocycles. The highest BCUT2D eigenvalue weighted by Gasteiger charge is 2.32. The van der Waals surface area contributed by atoms with E-state index in [0.29, 0.717) is 30.8 Å². The van der Waals surface area contributed by atoms with Gasteiger partial charge in [-0.15, -0.1) is 13.2 Å². The van der Waals surface area contributed by atoms with Crippen molar-refractivity contribution < 1.29 is 38.5 Å². The number of ether oxygens (including phenoxy) is 3. The topological polar surface area (TPSA) is 144 Å². The summed E-state index contributed by atoms with van der Waals surface area (Å²) in [5, 5.41) is 15.3. The number of methoxy groups -OCH3 is 2. The average molecular weight is 666 g/mol. The van der Waals surface area contributed by atoms with E-state index >= 15 is 0 Å². The van der Waals surface area contributed by atoms with Gasteiger partial charge in [0, 0.05) is 37.6 Å². The third-order valence-corrected chi connectivity index (χ3v) is 7.80. The zero-order chi connectivity index (χ0) is 35.6. The van der Waals surface area contributed by atoms with Gasteiger partial charge in [-0.2, -0.15) is 0 Å². The number of nitrogens with zero attached hydrogens (tertiary/aromatic N) is 1. The van der Waals surface area contributed by atoms with Gasteiger partial charge in [-0.3, -0.25) is 9.59 Å². The molecule has 4 atom stereocenters. The SMILES string of the molecule is C=CCCC(Cc1ccccc1)OC(=O)NC(CC(C)C)C(=O)NC(CC(CC=C)C(=O)N(C)Cc1ccc(OC)cc1OC)C(=O)O. The number of allylic oxidation sites excluding steroid dienone is 2. The van der Waals surface area contributed by atoms with Crippen molar-refractivity contribution in [2.24, 2.45) is 11.8 Å². The van der Waals surface area contributed by atoms with Crippen molar-refractivity contribution in [1.29, 1.82) is 0 Å². The van der Waals surface area contributed by atoms with Crippen LogP contribution in [-0.4, -0.2) is 73.3 Å². The molecule has 0 aliphatic carbocycles. The summed E-state index contributed by atoms with van der Waals surface area (Å²) in [6.45, 7) is 11.5. The molecule has 0 aliphatic rings. The van der Waals surface area contributed by atoms with Gasteiger partial charge in [0.25, 0.3) is 0 Å². The number of aliphatic carboxylic acids is 1. The fraction of sp³-hybridized carbons (Fsp3) is 0.459. The lowest BCUT2D eigenvalue weighted by Crippen LogP contribution is -2.53. The van der Waals surface area contributed by atoms with Crippen LogP contribution < -0.4 is 20.1 Å². The number of carboxylic acids is 1. The molecule has 3 amide bonds. The smallest absolute Gasteiger partial charge is 0.408 e. The number of amides is 3. The molecule has 3 N–H and O–H groups in total. The van der Waals surface area contributed by atoms with Gasteiger partial charge < -0.3 is 34.9 Å². The Balaban J connectivity index is 2.16. The number of carbonyl (C=O) groups excluding carboxylic acids is 3. The summed E-state index contributed by atoms with van der Waals surface area (Å²) in [6, 6.07) is 12.4. The normalized spacial score (nSPS) is 13.3. The van der Waals surface area contributed by atoms with Gasteiger partial charge in [-0.25, -0.2) is 9.59 Å². The van der Waals surface area contributed by atoms with E-state index in [2.05, 4.69) is 23.8 Å². The van der Waals surface area contributed by atoms with Gasteiger partial charge in [0.05, 0.1) is 14.2 Å². The van der Waals surface area contributed by atoms with Crippen LogP contribution in [0.1, 0.15) is 57.1 Å². The Morgan fingerprint density at radius 2 is 1.65 bits per heavy atom. The molecule has 262 valence electrons. The minimum absolute atomic E-state index is 0.0103. The lowest BCUT2D eigenvalue weighted by atomic mass is 9.94. The molecule has 0 spiro atoms. The Kier molecular flexibility index (Phi) is 16.8. The lowest BCUT2D eigenvalue weighted by Gasteiger charge is -2.27. The van der Waals surface area contributed by atoms with Crippen molar-refractivity contribution >= 4 is 23.9 Å². The van der Waals surface area contributed by atoms with Crippen molar-refractivity contribution in [3.8, 4) is 11.5 Å². The van der Waals surface area contributed by atoms with Gasteiger partial charge in [-0.1, -0.05) is 56.3 Å². The number of hydrogen-bond donors (Lipinski definition) is 3. The van der Waals surface area contributed by atoms with Gasteiger partial charge in [0.2, 0.25) is 11.8 Å². The molecular formula is C37H51N3O8. The molecule has 2 aromatic carbocycles. The van der Waals surface area contributed by atoms with Gasteiger partial charge in [-0.05, 0) is 55.7 Å². The van der Waals surface area contributed by atoms with E-state index in [4.69, 9.17) is 14.2 Å². The summed E-state index contributed by atoms with van der Waals surface area (Å²) in [7, 11) is 4.68. The minimum Gasteiger partial charge on any atom is -0.497 e. The molecule has 0 aliphatic heterocycles. The van der Waals surface area contributed by atoms with E-state index < -0.39 is 42.1 Å². The molecule has 2 rings (SSSR count). The van der Waals surface area contributed by atoms with Crippen LogP contribution in [0.2, 0.25) is 0 Å². The number of carbonyl (C=O) groups is 4. The van der Waals surface area contributed by atoms with E-state index in [1.54, 1.807) is 44.5 Å². The summed E-state index contributed by atoms with van der Waals surface area (Å²) in [5.74, 6) is -1.96. The van der Waals surface area contributed by atoms with E-state index in [-0.39, 0.29) is 37.6 Å². The molecule has 4 unspecified atom stereocenters. The molecule has 48 heavy (non-hydrogen) atoms. The summed E-state index contributed by atoms with van der Waals surface area (Å²) in [5.41, 5.74) is 1.73. The maximum atomic E-state index is 13.6. The zero-order valence-corrected chi connectivity index (χ0v) is 28.8. The number of benzene rings is 2. The first-order valence-corrected chi connectivity index (χ1v) is 16.1. The molecule has 0 saturated heterocycles. The van der Waals surface area contributed by atoms with Crippen molar-refractivity contribution in [3.63, 3.8) is 0 Å². The van der Waals surface area contributed by atoms with E-state index in [0.717, 1.165) is 11.1 Å². The summed E-state index contributed by atoms with van der Waals surface area (Å²) in [6.07, 6.45) is 3.98. The molecule has 0 fully saturated rings. The molecule has 11 nitrogen and oxygen atoms in total. The Morgan fingerprint density at radius 1 is 0.938 bits per heavy atom. The molecule has 0 radical (unpaired) electrons. The first-order chi connectivity index (χ1) is 22.9. The van der Waals surface area contributed by atoms with Crippen molar-refractivity contribution in [2.45, 2.75) is 77.1 Å². The van der Waals surface area contributed by atoms with E-state index in [1.807, 2.05) is 44.2 Å². The van der Waals surface area contributed by atoms with Crippen molar-refractivity contribution in [3.05, 3.63) is 85.0 Å². The van der Waals surface area contributed by atoms with Gasteiger partial charge in [0.1, 0.15) is 29.7 Å². The highest BCUT2D eigenvalue weighted by Crippen LogP contribution is 2.26. The number of hydrogen-bond acceptors (Lipinski definition) is 7. The zero-order valence-electron chi connectivity index (χ0n) is 28.8. The van der Waals surface area contributed by atoms with Crippen LogP contribution in [0.4, 0.5) is 4.79 Å². The largest absolute Gasteiger partial charge is 0.497 e. The van der Waals surface area contributed by atoms with E-state index in [9.17, 15) is 24.3 Å². The second-order valence-electron chi connectivity index (χ2n) is 12.1. The fourth-order valence-corrected chi connectivity index (χ4v) is 5.32. The van der Waals surface area contributed by atoms with Crippen LogP contribution in [0, 0.1) is 11.8 Å². The number of nitrogens with one attached hydrogen (secondary N) is 2. The predicted molar refractivity (Wildman–Crippen MR) is 185 cm³/mol.